The molecule has 1 fully saturated rings. The number of rotatable bonds is 3. The van der Waals surface area contributed by atoms with Crippen LogP contribution in [-0.4, -0.2) is 51.7 Å². The Bertz CT molecular complexity index is 1120. The topological polar surface area (TPSA) is 126 Å². The SMILES string of the molecule is CC(C)(C)OC(=O)NC1CCCN(c2ncnc3[nH]c4ccc(C(N)=O)cc4c23)C1. The minimum atomic E-state index is -0.542. The Labute approximate surface area is 174 Å². The maximum atomic E-state index is 12.2. The van der Waals surface area contributed by atoms with E-state index in [2.05, 4.69) is 25.2 Å². The number of piperidine rings is 1. The first-order chi connectivity index (χ1) is 14.2. The summed E-state index contributed by atoms with van der Waals surface area (Å²) in [4.78, 5) is 38.1. The Morgan fingerprint density at radius 3 is 2.83 bits per heavy atom. The van der Waals surface area contributed by atoms with Gasteiger partial charge in [0, 0.05) is 35.6 Å². The molecule has 0 radical (unpaired) electrons. The molecule has 4 rings (SSSR count). The van der Waals surface area contributed by atoms with Crippen LogP contribution < -0.4 is 16.0 Å². The Kier molecular flexibility index (Phi) is 4.97. The molecular formula is C21H26N6O3. The zero-order valence-corrected chi connectivity index (χ0v) is 17.4. The number of carbonyl (C=O) groups excluding carboxylic acids is 2. The lowest BCUT2D eigenvalue weighted by atomic mass is 10.0. The molecule has 1 saturated heterocycles. The number of alkyl carbamates (subject to hydrolysis) is 1. The van der Waals surface area contributed by atoms with Gasteiger partial charge in [-0.15, -0.1) is 0 Å². The first-order valence-electron chi connectivity index (χ1n) is 10.0. The predicted molar refractivity (Wildman–Crippen MR) is 115 cm³/mol. The molecule has 9 heteroatoms. The number of benzene rings is 1. The number of hydrogen-bond acceptors (Lipinski definition) is 6. The van der Waals surface area contributed by atoms with Crippen LogP contribution in [-0.2, 0) is 4.74 Å². The fourth-order valence-corrected chi connectivity index (χ4v) is 3.86. The van der Waals surface area contributed by atoms with Gasteiger partial charge in [0.25, 0.3) is 0 Å². The van der Waals surface area contributed by atoms with E-state index in [0.29, 0.717) is 17.8 Å². The van der Waals surface area contributed by atoms with Crippen molar-refractivity contribution >= 4 is 39.8 Å². The minimum Gasteiger partial charge on any atom is -0.444 e. The summed E-state index contributed by atoms with van der Waals surface area (Å²) < 4.78 is 5.39. The summed E-state index contributed by atoms with van der Waals surface area (Å²) in [5.74, 6) is 0.285. The summed E-state index contributed by atoms with van der Waals surface area (Å²) in [5, 5.41) is 4.65. The summed E-state index contributed by atoms with van der Waals surface area (Å²) in [6.45, 7) is 6.94. The molecule has 2 amide bonds. The van der Waals surface area contributed by atoms with Crippen LogP contribution in [0.25, 0.3) is 21.9 Å². The molecule has 0 saturated carbocycles. The molecule has 1 unspecified atom stereocenters. The molecule has 4 N–H and O–H groups in total. The van der Waals surface area contributed by atoms with E-state index in [9.17, 15) is 9.59 Å². The standard InChI is InChI=1S/C21H26N6O3/c1-21(2,3)30-20(29)25-13-5-4-8-27(10-13)19-16-14-9-12(17(22)28)6-7-15(14)26-18(16)23-11-24-19/h6-7,9,11,13H,4-5,8,10H2,1-3H3,(H2,22,28)(H,25,29)(H,23,24,26). The number of nitrogens with two attached hydrogens (primary N) is 1. The van der Waals surface area contributed by atoms with Gasteiger partial charge in [0.15, 0.2) is 0 Å². The molecule has 0 spiro atoms. The first kappa shape index (κ1) is 19.9. The van der Waals surface area contributed by atoms with Gasteiger partial charge in [0.2, 0.25) is 5.91 Å². The predicted octanol–water partition coefficient (Wildman–Crippen LogP) is 2.70. The van der Waals surface area contributed by atoms with Gasteiger partial charge in [-0.05, 0) is 51.8 Å². The molecule has 1 aromatic carbocycles. The molecule has 3 aromatic rings. The molecule has 3 heterocycles. The van der Waals surface area contributed by atoms with E-state index in [-0.39, 0.29) is 6.04 Å². The lowest BCUT2D eigenvalue weighted by Gasteiger charge is -2.34. The highest BCUT2D eigenvalue weighted by molar-refractivity contribution is 6.13. The van der Waals surface area contributed by atoms with Crippen molar-refractivity contribution in [3.05, 3.63) is 30.1 Å². The summed E-state index contributed by atoms with van der Waals surface area (Å²) in [7, 11) is 0. The van der Waals surface area contributed by atoms with Crippen LogP contribution in [0.5, 0.6) is 0 Å². The minimum absolute atomic E-state index is 0.0509. The molecule has 158 valence electrons. The number of amides is 2. The molecule has 0 aliphatic carbocycles. The zero-order chi connectivity index (χ0) is 21.5. The molecule has 0 bridgehead atoms. The maximum absolute atomic E-state index is 12.2. The lowest BCUT2D eigenvalue weighted by molar-refractivity contribution is 0.0499. The van der Waals surface area contributed by atoms with E-state index in [1.165, 1.54) is 6.33 Å². The summed E-state index contributed by atoms with van der Waals surface area (Å²) in [6.07, 6.45) is 2.87. The summed E-state index contributed by atoms with van der Waals surface area (Å²) >= 11 is 0. The number of anilines is 1. The van der Waals surface area contributed by atoms with Gasteiger partial charge < -0.3 is 25.7 Å². The smallest absolute Gasteiger partial charge is 0.407 e. The van der Waals surface area contributed by atoms with Crippen molar-refractivity contribution in [1.29, 1.82) is 0 Å². The molecular weight excluding hydrogens is 384 g/mol. The highest BCUT2D eigenvalue weighted by Crippen LogP contribution is 2.33. The number of nitrogens with one attached hydrogen (secondary N) is 2. The van der Waals surface area contributed by atoms with Crippen LogP contribution in [0.1, 0.15) is 44.0 Å². The van der Waals surface area contributed by atoms with Crippen molar-refractivity contribution in [2.24, 2.45) is 5.73 Å². The van der Waals surface area contributed by atoms with Crippen molar-refractivity contribution in [2.45, 2.75) is 45.3 Å². The Hall–Kier alpha value is -3.36. The van der Waals surface area contributed by atoms with E-state index in [1.807, 2.05) is 26.8 Å². The highest BCUT2D eigenvalue weighted by atomic mass is 16.6. The Morgan fingerprint density at radius 2 is 2.10 bits per heavy atom. The largest absolute Gasteiger partial charge is 0.444 e. The number of H-pyrrole nitrogens is 1. The summed E-state index contributed by atoms with van der Waals surface area (Å²) in [5.41, 5.74) is 6.91. The van der Waals surface area contributed by atoms with Gasteiger partial charge in [-0.3, -0.25) is 4.79 Å². The van der Waals surface area contributed by atoms with Crippen molar-refractivity contribution in [2.75, 3.05) is 18.0 Å². The zero-order valence-electron chi connectivity index (χ0n) is 17.4. The first-order valence-corrected chi connectivity index (χ1v) is 10.0. The molecule has 30 heavy (non-hydrogen) atoms. The highest BCUT2D eigenvalue weighted by Gasteiger charge is 2.26. The Balaban J connectivity index is 1.65. The second-order valence-electron chi connectivity index (χ2n) is 8.60. The fourth-order valence-electron chi connectivity index (χ4n) is 3.86. The van der Waals surface area contributed by atoms with Crippen LogP contribution in [0.2, 0.25) is 0 Å². The molecule has 2 aromatic heterocycles. The van der Waals surface area contributed by atoms with Gasteiger partial charge in [0.1, 0.15) is 23.4 Å². The third-order valence-corrected chi connectivity index (χ3v) is 5.10. The van der Waals surface area contributed by atoms with Crippen molar-refractivity contribution in [1.82, 2.24) is 20.3 Å². The average molecular weight is 410 g/mol. The molecule has 1 atom stereocenters. The molecule has 9 nitrogen and oxygen atoms in total. The number of fused-ring (bicyclic) bond motifs is 3. The van der Waals surface area contributed by atoms with Crippen LogP contribution in [0, 0.1) is 0 Å². The van der Waals surface area contributed by atoms with E-state index >= 15 is 0 Å². The number of aromatic amines is 1. The summed E-state index contributed by atoms with van der Waals surface area (Å²) in [6, 6.07) is 5.23. The van der Waals surface area contributed by atoms with Crippen LogP contribution in [0.3, 0.4) is 0 Å². The Morgan fingerprint density at radius 1 is 1.30 bits per heavy atom. The van der Waals surface area contributed by atoms with Gasteiger partial charge >= 0.3 is 6.09 Å². The normalized spacial score (nSPS) is 17.3. The number of carbonyl (C=O) groups is 2. The van der Waals surface area contributed by atoms with Gasteiger partial charge in [-0.25, -0.2) is 14.8 Å². The second-order valence-corrected chi connectivity index (χ2v) is 8.60. The van der Waals surface area contributed by atoms with Crippen molar-refractivity contribution in [3.63, 3.8) is 0 Å². The third-order valence-electron chi connectivity index (χ3n) is 5.10. The van der Waals surface area contributed by atoms with E-state index in [4.69, 9.17) is 10.5 Å². The fraction of sp³-hybridized carbons (Fsp3) is 0.429. The quantitative estimate of drug-likeness (QED) is 0.609. The van der Waals surface area contributed by atoms with Gasteiger partial charge in [-0.1, -0.05) is 0 Å². The number of hydrogen-bond donors (Lipinski definition) is 3. The lowest BCUT2D eigenvalue weighted by Crippen LogP contribution is -2.49. The maximum Gasteiger partial charge on any atom is 0.407 e. The van der Waals surface area contributed by atoms with E-state index in [0.717, 1.165) is 41.5 Å². The van der Waals surface area contributed by atoms with Gasteiger partial charge in [0.05, 0.1) is 5.39 Å². The van der Waals surface area contributed by atoms with Crippen molar-refractivity contribution in [3.8, 4) is 0 Å². The number of primary amides is 1. The second kappa shape index (κ2) is 7.47. The number of ether oxygens (including phenoxy) is 1. The number of nitrogens with zero attached hydrogens (tertiary/aromatic N) is 3. The van der Waals surface area contributed by atoms with E-state index < -0.39 is 17.6 Å². The van der Waals surface area contributed by atoms with Gasteiger partial charge in [-0.2, -0.15) is 0 Å². The van der Waals surface area contributed by atoms with Crippen LogP contribution in [0.4, 0.5) is 10.6 Å². The number of aromatic nitrogens is 3. The molecule has 1 aliphatic heterocycles. The third kappa shape index (κ3) is 4.00. The van der Waals surface area contributed by atoms with E-state index in [1.54, 1.807) is 12.1 Å². The molecule has 1 aliphatic rings. The average Bonchev–Trinajstić information content (AvgIpc) is 3.04. The van der Waals surface area contributed by atoms with Crippen molar-refractivity contribution < 1.29 is 14.3 Å². The monoisotopic (exact) mass is 410 g/mol. The van der Waals surface area contributed by atoms with Crippen LogP contribution >= 0.6 is 0 Å². The van der Waals surface area contributed by atoms with Crippen LogP contribution in [0.15, 0.2) is 24.5 Å².